The minimum Gasteiger partial charge on any atom is -0.388 e. The van der Waals surface area contributed by atoms with Crippen LogP contribution < -0.4 is 0 Å². The van der Waals surface area contributed by atoms with Gasteiger partial charge < -0.3 is 9.67 Å². The average Bonchev–Trinajstić information content (AvgIpc) is 3.17. The largest absolute Gasteiger partial charge is 0.388 e. The highest BCUT2D eigenvalue weighted by Gasteiger charge is 2.29. The molecule has 5 heteroatoms. The van der Waals surface area contributed by atoms with Gasteiger partial charge in [0.25, 0.3) is 0 Å². The highest BCUT2D eigenvalue weighted by Crippen LogP contribution is 2.39. The lowest BCUT2D eigenvalue weighted by atomic mass is 10.2. The Morgan fingerprint density at radius 1 is 1.37 bits per heavy atom. The standard InChI is InChI=1S/C14H17N3OS/c1-10-3-2-4-11(7-10)9-19-14-16-15-13(8-18)17(14)12-5-6-12/h2-4,7,12,18H,5-6,8-9H2,1H3. The van der Waals surface area contributed by atoms with Crippen molar-refractivity contribution in [3.63, 3.8) is 0 Å². The number of aliphatic hydroxyl groups is 1. The normalized spacial score (nSPS) is 14.8. The van der Waals surface area contributed by atoms with Crippen LogP contribution in [0.4, 0.5) is 0 Å². The summed E-state index contributed by atoms with van der Waals surface area (Å²) in [5.41, 5.74) is 2.57. The zero-order valence-corrected chi connectivity index (χ0v) is 11.7. The van der Waals surface area contributed by atoms with Crippen molar-refractivity contribution in [1.29, 1.82) is 0 Å². The first-order chi connectivity index (χ1) is 9.28. The van der Waals surface area contributed by atoms with Gasteiger partial charge in [-0.25, -0.2) is 0 Å². The average molecular weight is 275 g/mol. The van der Waals surface area contributed by atoms with Crippen molar-refractivity contribution < 1.29 is 5.11 Å². The monoisotopic (exact) mass is 275 g/mol. The maximum Gasteiger partial charge on any atom is 0.191 e. The van der Waals surface area contributed by atoms with Crippen LogP contribution in [0.3, 0.4) is 0 Å². The van der Waals surface area contributed by atoms with Crippen molar-refractivity contribution in [3.05, 3.63) is 41.2 Å². The summed E-state index contributed by atoms with van der Waals surface area (Å²) in [6.07, 6.45) is 2.34. The van der Waals surface area contributed by atoms with E-state index in [1.54, 1.807) is 11.8 Å². The van der Waals surface area contributed by atoms with Gasteiger partial charge in [0.15, 0.2) is 11.0 Å². The minimum absolute atomic E-state index is 0.0332. The van der Waals surface area contributed by atoms with E-state index < -0.39 is 0 Å². The first kappa shape index (κ1) is 12.7. The van der Waals surface area contributed by atoms with Crippen molar-refractivity contribution in [2.45, 2.75) is 43.3 Å². The zero-order valence-electron chi connectivity index (χ0n) is 10.9. The lowest BCUT2D eigenvalue weighted by Gasteiger charge is -2.07. The summed E-state index contributed by atoms with van der Waals surface area (Å²) in [5, 5.41) is 18.5. The molecule has 0 radical (unpaired) electrons. The Balaban J connectivity index is 1.75. The number of aromatic nitrogens is 3. The third-order valence-electron chi connectivity index (χ3n) is 3.24. The van der Waals surface area contributed by atoms with E-state index in [-0.39, 0.29) is 6.61 Å². The van der Waals surface area contributed by atoms with E-state index in [0.717, 1.165) is 10.9 Å². The predicted octanol–water partition coefficient (Wildman–Crippen LogP) is 2.71. The van der Waals surface area contributed by atoms with Gasteiger partial charge in [-0.05, 0) is 25.3 Å². The van der Waals surface area contributed by atoms with Crippen LogP contribution in [0.5, 0.6) is 0 Å². The third-order valence-corrected chi connectivity index (χ3v) is 4.25. The summed E-state index contributed by atoms with van der Waals surface area (Å²) < 4.78 is 2.10. The molecule has 0 saturated heterocycles. The Morgan fingerprint density at radius 3 is 2.89 bits per heavy atom. The van der Waals surface area contributed by atoms with Crippen molar-refractivity contribution in [2.75, 3.05) is 0 Å². The molecule has 4 nitrogen and oxygen atoms in total. The predicted molar refractivity (Wildman–Crippen MR) is 75.0 cm³/mol. The SMILES string of the molecule is Cc1cccc(CSc2nnc(CO)n2C2CC2)c1. The highest BCUT2D eigenvalue weighted by molar-refractivity contribution is 7.98. The molecule has 19 heavy (non-hydrogen) atoms. The molecule has 1 saturated carbocycles. The fourth-order valence-corrected chi connectivity index (χ4v) is 3.13. The summed E-state index contributed by atoms with van der Waals surface area (Å²) in [6.45, 7) is 2.07. The van der Waals surface area contributed by atoms with Crippen LogP contribution in [-0.4, -0.2) is 19.9 Å². The molecule has 0 spiro atoms. The molecule has 0 aliphatic heterocycles. The van der Waals surface area contributed by atoms with Gasteiger partial charge in [-0.3, -0.25) is 0 Å². The van der Waals surface area contributed by atoms with Gasteiger partial charge in [0.1, 0.15) is 6.61 Å². The van der Waals surface area contributed by atoms with Crippen LogP contribution in [0.2, 0.25) is 0 Å². The number of hydrogen-bond acceptors (Lipinski definition) is 4. The number of nitrogens with zero attached hydrogens (tertiary/aromatic N) is 3. The number of aliphatic hydroxyl groups excluding tert-OH is 1. The Kier molecular flexibility index (Phi) is 3.57. The first-order valence-corrected chi connectivity index (χ1v) is 7.49. The third kappa shape index (κ3) is 2.82. The summed E-state index contributed by atoms with van der Waals surface area (Å²) in [6, 6.07) is 9.00. The van der Waals surface area contributed by atoms with Crippen LogP contribution in [0.15, 0.2) is 29.4 Å². The van der Waals surface area contributed by atoms with E-state index in [4.69, 9.17) is 0 Å². The number of rotatable bonds is 5. The van der Waals surface area contributed by atoms with Gasteiger partial charge >= 0.3 is 0 Å². The molecular weight excluding hydrogens is 258 g/mol. The summed E-state index contributed by atoms with van der Waals surface area (Å²) in [7, 11) is 0. The Labute approximate surface area is 116 Å². The smallest absolute Gasteiger partial charge is 0.191 e. The summed E-state index contributed by atoms with van der Waals surface area (Å²) >= 11 is 1.69. The fourth-order valence-electron chi connectivity index (χ4n) is 2.16. The molecular formula is C14H17N3OS. The number of aryl methyl sites for hydroxylation is 1. The van der Waals surface area contributed by atoms with E-state index in [2.05, 4.69) is 46.0 Å². The topological polar surface area (TPSA) is 50.9 Å². The molecule has 0 unspecified atom stereocenters. The zero-order chi connectivity index (χ0) is 13.2. The van der Waals surface area contributed by atoms with Crippen molar-refractivity contribution in [3.8, 4) is 0 Å². The molecule has 0 atom stereocenters. The van der Waals surface area contributed by atoms with Crippen molar-refractivity contribution >= 4 is 11.8 Å². The fraction of sp³-hybridized carbons (Fsp3) is 0.429. The quantitative estimate of drug-likeness (QED) is 0.852. The maximum atomic E-state index is 9.30. The van der Waals surface area contributed by atoms with Gasteiger partial charge in [0.2, 0.25) is 0 Å². The van der Waals surface area contributed by atoms with Crippen LogP contribution >= 0.6 is 11.8 Å². The minimum atomic E-state index is -0.0332. The second-order valence-corrected chi connectivity index (χ2v) is 5.88. The number of benzene rings is 1. The Morgan fingerprint density at radius 2 is 2.21 bits per heavy atom. The number of hydrogen-bond donors (Lipinski definition) is 1. The molecule has 1 aliphatic rings. The molecule has 1 N–H and O–H groups in total. The lowest BCUT2D eigenvalue weighted by molar-refractivity contribution is 0.263. The molecule has 3 rings (SSSR count). The second kappa shape index (κ2) is 5.35. The van der Waals surface area contributed by atoms with Gasteiger partial charge in [0, 0.05) is 11.8 Å². The van der Waals surface area contributed by atoms with Gasteiger partial charge in [-0.15, -0.1) is 10.2 Å². The van der Waals surface area contributed by atoms with E-state index >= 15 is 0 Å². The number of thioether (sulfide) groups is 1. The summed E-state index contributed by atoms with van der Waals surface area (Å²) in [5.74, 6) is 1.58. The molecule has 0 amide bonds. The van der Waals surface area contributed by atoms with E-state index in [1.165, 1.54) is 24.0 Å². The van der Waals surface area contributed by atoms with Crippen LogP contribution in [0, 0.1) is 6.92 Å². The Bertz CT molecular complexity index is 578. The molecule has 2 aromatic rings. The van der Waals surface area contributed by atoms with E-state index in [9.17, 15) is 5.11 Å². The van der Waals surface area contributed by atoms with Crippen LogP contribution in [0.1, 0.15) is 35.8 Å². The molecule has 1 aromatic heterocycles. The van der Waals surface area contributed by atoms with Gasteiger partial charge in [0.05, 0.1) is 0 Å². The highest BCUT2D eigenvalue weighted by atomic mass is 32.2. The summed E-state index contributed by atoms with van der Waals surface area (Å²) in [4.78, 5) is 0. The van der Waals surface area contributed by atoms with E-state index in [1.807, 2.05) is 0 Å². The second-order valence-electron chi connectivity index (χ2n) is 4.94. The van der Waals surface area contributed by atoms with Crippen LogP contribution in [-0.2, 0) is 12.4 Å². The van der Waals surface area contributed by atoms with Crippen molar-refractivity contribution in [1.82, 2.24) is 14.8 Å². The van der Waals surface area contributed by atoms with Crippen molar-refractivity contribution in [2.24, 2.45) is 0 Å². The molecule has 1 aliphatic carbocycles. The van der Waals surface area contributed by atoms with Gasteiger partial charge in [-0.2, -0.15) is 0 Å². The molecule has 0 bridgehead atoms. The molecule has 1 fully saturated rings. The molecule has 1 heterocycles. The first-order valence-electron chi connectivity index (χ1n) is 6.51. The van der Waals surface area contributed by atoms with Crippen LogP contribution in [0.25, 0.3) is 0 Å². The lowest BCUT2D eigenvalue weighted by Crippen LogP contribution is -2.02. The molecule has 100 valence electrons. The van der Waals surface area contributed by atoms with Gasteiger partial charge in [-0.1, -0.05) is 41.6 Å². The Hall–Kier alpha value is -1.33. The maximum absolute atomic E-state index is 9.30. The van der Waals surface area contributed by atoms with E-state index in [0.29, 0.717) is 11.9 Å². The molecule has 1 aromatic carbocycles.